The molecule has 0 aliphatic rings. The molecule has 0 radical (unpaired) electrons. The minimum absolute atomic E-state index is 0.224. The molecule has 1 rings (SSSR count). The van der Waals surface area contributed by atoms with E-state index < -0.39 is 0 Å². The van der Waals surface area contributed by atoms with E-state index in [1.54, 1.807) is 0 Å². The number of nitrogens with two attached hydrogens (primary N) is 1. The number of carbonyl (C=O) groups is 1. The lowest BCUT2D eigenvalue weighted by Crippen LogP contribution is -2.27. The summed E-state index contributed by atoms with van der Waals surface area (Å²) in [6.07, 6.45) is 0. The van der Waals surface area contributed by atoms with Crippen LogP contribution in [-0.2, 0) is 4.74 Å². The van der Waals surface area contributed by atoms with Crippen LogP contribution in [0, 0.1) is 0 Å². The highest BCUT2D eigenvalue weighted by molar-refractivity contribution is 7.18. The monoisotopic (exact) mass is 284 g/mol. The Balaban J connectivity index is 2.38. The van der Waals surface area contributed by atoms with Crippen LogP contribution in [0.25, 0.3) is 0 Å². The van der Waals surface area contributed by atoms with Gasteiger partial charge in [-0.05, 0) is 13.8 Å². The summed E-state index contributed by atoms with van der Waals surface area (Å²) in [6, 6.07) is 0. The summed E-state index contributed by atoms with van der Waals surface area (Å²) in [6.45, 7) is 9.68. The van der Waals surface area contributed by atoms with Gasteiger partial charge in [0.25, 0.3) is 5.91 Å². The number of amides is 1. The van der Waals surface area contributed by atoms with E-state index in [1.165, 1.54) is 11.3 Å². The SMILES string of the molecule is C=C(C)COCCNC(=O)c1sc(NCC)nc1N. The van der Waals surface area contributed by atoms with Crippen molar-refractivity contribution < 1.29 is 9.53 Å². The maximum absolute atomic E-state index is 11.9. The van der Waals surface area contributed by atoms with Crippen LogP contribution in [0.4, 0.5) is 10.9 Å². The average Bonchev–Trinajstić information content (AvgIpc) is 2.70. The molecule has 0 aliphatic heterocycles. The molecule has 0 unspecified atom stereocenters. The van der Waals surface area contributed by atoms with E-state index >= 15 is 0 Å². The summed E-state index contributed by atoms with van der Waals surface area (Å²) >= 11 is 1.25. The topological polar surface area (TPSA) is 89.3 Å². The highest BCUT2D eigenvalue weighted by atomic mass is 32.1. The third-order valence-corrected chi connectivity index (χ3v) is 3.10. The number of aromatic nitrogens is 1. The zero-order valence-corrected chi connectivity index (χ0v) is 12.1. The molecule has 1 heterocycles. The van der Waals surface area contributed by atoms with Crippen LogP contribution < -0.4 is 16.4 Å². The first-order chi connectivity index (χ1) is 9.04. The lowest BCUT2D eigenvalue weighted by molar-refractivity contribution is 0.0931. The number of ether oxygens (including phenoxy) is 1. The lowest BCUT2D eigenvalue weighted by atomic mass is 10.4. The van der Waals surface area contributed by atoms with Crippen LogP contribution >= 0.6 is 11.3 Å². The van der Waals surface area contributed by atoms with Gasteiger partial charge < -0.3 is 21.1 Å². The van der Waals surface area contributed by atoms with Gasteiger partial charge in [0.05, 0.1) is 13.2 Å². The van der Waals surface area contributed by atoms with E-state index in [4.69, 9.17) is 10.5 Å². The average molecular weight is 284 g/mol. The number of hydrogen-bond acceptors (Lipinski definition) is 6. The van der Waals surface area contributed by atoms with Crippen molar-refractivity contribution in [2.75, 3.05) is 37.4 Å². The van der Waals surface area contributed by atoms with Crippen LogP contribution in [0.2, 0.25) is 0 Å². The minimum atomic E-state index is -0.224. The van der Waals surface area contributed by atoms with Crippen LogP contribution in [-0.4, -0.2) is 37.2 Å². The fourth-order valence-corrected chi connectivity index (χ4v) is 2.15. The third-order valence-electron chi connectivity index (χ3n) is 2.07. The molecule has 6 nitrogen and oxygen atoms in total. The molecule has 0 fully saturated rings. The van der Waals surface area contributed by atoms with Gasteiger partial charge in [-0.15, -0.1) is 0 Å². The van der Waals surface area contributed by atoms with Crippen LogP contribution in [0.15, 0.2) is 12.2 Å². The quantitative estimate of drug-likeness (QED) is 0.497. The largest absolute Gasteiger partial charge is 0.382 e. The van der Waals surface area contributed by atoms with E-state index in [0.717, 1.165) is 12.1 Å². The maximum atomic E-state index is 11.9. The number of nitrogen functional groups attached to an aromatic ring is 1. The number of nitrogens with one attached hydrogen (secondary N) is 2. The van der Waals surface area contributed by atoms with Crippen molar-refractivity contribution in [2.24, 2.45) is 0 Å². The Morgan fingerprint density at radius 1 is 1.58 bits per heavy atom. The third kappa shape index (κ3) is 5.27. The summed E-state index contributed by atoms with van der Waals surface area (Å²) in [7, 11) is 0. The van der Waals surface area contributed by atoms with Crippen molar-refractivity contribution in [3.63, 3.8) is 0 Å². The molecule has 0 saturated heterocycles. The lowest BCUT2D eigenvalue weighted by Gasteiger charge is -2.05. The number of rotatable bonds is 8. The second-order valence-electron chi connectivity index (χ2n) is 4.03. The molecule has 0 atom stereocenters. The van der Waals surface area contributed by atoms with Gasteiger partial charge in [-0.2, -0.15) is 0 Å². The minimum Gasteiger partial charge on any atom is -0.382 e. The summed E-state index contributed by atoms with van der Waals surface area (Å²) < 4.78 is 5.29. The Morgan fingerprint density at radius 2 is 2.32 bits per heavy atom. The smallest absolute Gasteiger partial charge is 0.265 e. The van der Waals surface area contributed by atoms with Gasteiger partial charge >= 0.3 is 0 Å². The fourth-order valence-electron chi connectivity index (χ4n) is 1.28. The predicted molar refractivity (Wildman–Crippen MR) is 78.7 cm³/mol. The molecule has 1 aromatic rings. The normalized spacial score (nSPS) is 10.2. The molecule has 0 bridgehead atoms. The first-order valence-corrected chi connectivity index (χ1v) is 6.86. The van der Waals surface area contributed by atoms with E-state index in [-0.39, 0.29) is 11.7 Å². The fraction of sp³-hybridized carbons (Fsp3) is 0.500. The second kappa shape index (κ2) is 7.75. The standard InChI is InChI=1S/C12H20N4O2S/c1-4-14-12-16-10(13)9(19-12)11(17)15-5-6-18-7-8(2)3/h2,4-7,13H2,1,3H3,(H,14,16)(H,15,17). The Hall–Kier alpha value is -1.60. The van der Waals surface area contributed by atoms with Gasteiger partial charge in [0.15, 0.2) is 5.13 Å². The molecular weight excluding hydrogens is 264 g/mol. The van der Waals surface area contributed by atoms with Crippen LogP contribution in [0.5, 0.6) is 0 Å². The van der Waals surface area contributed by atoms with E-state index in [2.05, 4.69) is 22.2 Å². The highest BCUT2D eigenvalue weighted by Crippen LogP contribution is 2.24. The molecule has 0 saturated carbocycles. The highest BCUT2D eigenvalue weighted by Gasteiger charge is 2.15. The first-order valence-electron chi connectivity index (χ1n) is 6.05. The Morgan fingerprint density at radius 3 is 2.95 bits per heavy atom. The van der Waals surface area contributed by atoms with Gasteiger partial charge in [0, 0.05) is 13.1 Å². The number of hydrogen-bond donors (Lipinski definition) is 3. The van der Waals surface area contributed by atoms with Crippen molar-refractivity contribution in [1.29, 1.82) is 0 Å². The molecular formula is C12H20N4O2S. The van der Waals surface area contributed by atoms with E-state index in [9.17, 15) is 4.79 Å². The molecule has 0 aliphatic carbocycles. The van der Waals surface area contributed by atoms with Crippen molar-refractivity contribution in [3.8, 4) is 0 Å². The Kier molecular flexibility index (Phi) is 6.31. The van der Waals surface area contributed by atoms with Crippen molar-refractivity contribution in [2.45, 2.75) is 13.8 Å². The predicted octanol–water partition coefficient (Wildman–Crippen LogP) is 1.48. The van der Waals surface area contributed by atoms with E-state index in [1.807, 2.05) is 13.8 Å². The van der Waals surface area contributed by atoms with Gasteiger partial charge in [0.1, 0.15) is 10.7 Å². The Bertz CT molecular complexity index is 445. The number of anilines is 2. The summed E-state index contributed by atoms with van der Waals surface area (Å²) in [5.41, 5.74) is 6.65. The molecule has 0 aromatic carbocycles. The zero-order chi connectivity index (χ0) is 14.3. The summed E-state index contributed by atoms with van der Waals surface area (Å²) in [4.78, 5) is 16.4. The first kappa shape index (κ1) is 15.5. The number of thiazole rings is 1. The number of carbonyl (C=O) groups excluding carboxylic acids is 1. The molecule has 4 N–H and O–H groups in total. The summed E-state index contributed by atoms with van der Waals surface area (Å²) in [5.74, 6) is 0.0272. The summed E-state index contributed by atoms with van der Waals surface area (Å²) in [5, 5.41) is 6.42. The van der Waals surface area contributed by atoms with E-state index in [0.29, 0.717) is 29.8 Å². The second-order valence-corrected chi connectivity index (χ2v) is 5.03. The van der Waals surface area contributed by atoms with Crippen molar-refractivity contribution >= 4 is 28.2 Å². The van der Waals surface area contributed by atoms with Gasteiger partial charge in [-0.25, -0.2) is 4.98 Å². The number of nitrogens with zero attached hydrogens (tertiary/aromatic N) is 1. The molecule has 19 heavy (non-hydrogen) atoms. The van der Waals surface area contributed by atoms with Crippen LogP contribution in [0.1, 0.15) is 23.5 Å². The zero-order valence-electron chi connectivity index (χ0n) is 11.3. The Labute approximate surface area is 117 Å². The molecule has 1 aromatic heterocycles. The van der Waals surface area contributed by atoms with Gasteiger partial charge in [-0.1, -0.05) is 23.5 Å². The molecule has 1 amide bonds. The van der Waals surface area contributed by atoms with Crippen molar-refractivity contribution in [3.05, 3.63) is 17.0 Å². The molecule has 7 heteroatoms. The van der Waals surface area contributed by atoms with Crippen molar-refractivity contribution in [1.82, 2.24) is 10.3 Å². The maximum Gasteiger partial charge on any atom is 0.265 e. The molecule has 106 valence electrons. The van der Waals surface area contributed by atoms with Gasteiger partial charge in [-0.3, -0.25) is 4.79 Å². The van der Waals surface area contributed by atoms with Gasteiger partial charge in [0.2, 0.25) is 0 Å². The van der Waals surface area contributed by atoms with Crippen LogP contribution in [0.3, 0.4) is 0 Å². The molecule has 0 spiro atoms.